The van der Waals surface area contributed by atoms with Crippen LogP contribution < -0.4 is 15.4 Å². The van der Waals surface area contributed by atoms with E-state index >= 15 is 0 Å². The van der Waals surface area contributed by atoms with E-state index in [-0.39, 0.29) is 24.4 Å². The summed E-state index contributed by atoms with van der Waals surface area (Å²) in [5.41, 5.74) is 1.13. The fourth-order valence-corrected chi connectivity index (χ4v) is 2.43. The maximum Gasteiger partial charge on any atom is 0.237 e. The summed E-state index contributed by atoms with van der Waals surface area (Å²) >= 11 is 0. The lowest BCUT2D eigenvalue weighted by Gasteiger charge is -2.22. The van der Waals surface area contributed by atoms with Crippen LogP contribution in [-0.4, -0.2) is 32.1 Å². The lowest BCUT2D eigenvalue weighted by atomic mass is 10.0. The van der Waals surface area contributed by atoms with Crippen molar-refractivity contribution in [3.8, 4) is 5.75 Å². The van der Waals surface area contributed by atoms with Crippen LogP contribution in [0.2, 0.25) is 0 Å². The Morgan fingerprint density at radius 2 is 2.20 bits per heavy atom. The first kappa shape index (κ1) is 16.8. The molecule has 4 nitrogen and oxygen atoms in total. The van der Waals surface area contributed by atoms with Gasteiger partial charge in [-0.05, 0) is 37.4 Å². The van der Waals surface area contributed by atoms with Gasteiger partial charge in [-0.3, -0.25) is 4.79 Å². The van der Waals surface area contributed by atoms with Gasteiger partial charge in [0.1, 0.15) is 5.75 Å². The second-order valence-corrected chi connectivity index (χ2v) is 4.86. The Hall–Kier alpha value is -1.26. The number of amides is 1. The summed E-state index contributed by atoms with van der Waals surface area (Å²) < 4.78 is 5.29. The van der Waals surface area contributed by atoms with Gasteiger partial charge in [0, 0.05) is 6.54 Å². The normalized spacial score (nSPS) is 17.9. The molecule has 1 aliphatic heterocycles. The van der Waals surface area contributed by atoms with Crippen LogP contribution in [0.5, 0.6) is 5.75 Å². The van der Waals surface area contributed by atoms with Gasteiger partial charge in [-0.1, -0.05) is 24.6 Å². The van der Waals surface area contributed by atoms with Gasteiger partial charge in [-0.15, -0.1) is 12.4 Å². The average Bonchev–Trinajstić information content (AvgIpc) is 2.48. The van der Waals surface area contributed by atoms with Crippen molar-refractivity contribution in [1.29, 1.82) is 0 Å². The van der Waals surface area contributed by atoms with E-state index < -0.39 is 0 Å². The van der Waals surface area contributed by atoms with Gasteiger partial charge in [0.2, 0.25) is 5.91 Å². The summed E-state index contributed by atoms with van der Waals surface area (Å²) in [6.07, 6.45) is 4.05. The largest absolute Gasteiger partial charge is 0.496 e. The van der Waals surface area contributed by atoms with E-state index in [1.165, 1.54) is 6.42 Å². The first-order chi connectivity index (χ1) is 9.31. The second kappa shape index (κ2) is 8.82. The molecule has 0 aliphatic carbocycles. The van der Waals surface area contributed by atoms with Crippen molar-refractivity contribution in [3.05, 3.63) is 29.8 Å². The molecule has 1 saturated heterocycles. The van der Waals surface area contributed by atoms with E-state index in [1.54, 1.807) is 7.11 Å². The fraction of sp³-hybridized carbons (Fsp3) is 0.533. The molecule has 0 spiro atoms. The number of para-hydroxylation sites is 1. The van der Waals surface area contributed by atoms with Crippen molar-refractivity contribution in [2.24, 2.45) is 0 Å². The van der Waals surface area contributed by atoms with E-state index in [2.05, 4.69) is 10.6 Å². The zero-order valence-electron chi connectivity index (χ0n) is 11.9. The molecule has 0 bridgehead atoms. The third-order valence-corrected chi connectivity index (χ3v) is 3.51. The highest BCUT2D eigenvalue weighted by Gasteiger charge is 2.19. The Balaban J connectivity index is 0.00000200. The number of piperidine rings is 1. The highest BCUT2D eigenvalue weighted by atomic mass is 35.5. The molecule has 2 N–H and O–H groups in total. The summed E-state index contributed by atoms with van der Waals surface area (Å²) in [5, 5.41) is 6.25. The smallest absolute Gasteiger partial charge is 0.237 e. The maximum atomic E-state index is 11.9. The Kier molecular flexibility index (Phi) is 7.41. The van der Waals surface area contributed by atoms with Gasteiger partial charge in [0.15, 0.2) is 0 Å². The predicted molar refractivity (Wildman–Crippen MR) is 82.6 cm³/mol. The van der Waals surface area contributed by atoms with Crippen molar-refractivity contribution in [2.75, 3.05) is 20.2 Å². The molecule has 1 atom stereocenters. The molecule has 1 fully saturated rings. The van der Waals surface area contributed by atoms with Crippen molar-refractivity contribution < 1.29 is 9.53 Å². The van der Waals surface area contributed by atoms with E-state index in [1.807, 2.05) is 24.3 Å². The molecule has 1 aliphatic rings. The van der Waals surface area contributed by atoms with Crippen LogP contribution >= 0.6 is 12.4 Å². The molecule has 20 heavy (non-hydrogen) atoms. The second-order valence-electron chi connectivity index (χ2n) is 4.86. The van der Waals surface area contributed by atoms with Crippen LogP contribution in [0.15, 0.2) is 24.3 Å². The number of carbonyl (C=O) groups is 1. The van der Waals surface area contributed by atoms with Crippen molar-refractivity contribution in [2.45, 2.75) is 31.7 Å². The van der Waals surface area contributed by atoms with Crippen LogP contribution in [0.3, 0.4) is 0 Å². The molecule has 1 heterocycles. The number of rotatable bonds is 5. The zero-order valence-corrected chi connectivity index (χ0v) is 12.7. The number of carbonyl (C=O) groups excluding carboxylic acids is 1. The summed E-state index contributed by atoms with van der Waals surface area (Å²) in [6, 6.07) is 7.91. The predicted octanol–water partition coefficient (Wildman–Crippen LogP) is 1.92. The minimum Gasteiger partial charge on any atom is -0.496 e. The minimum atomic E-state index is -0.00795. The fourth-order valence-electron chi connectivity index (χ4n) is 2.43. The van der Waals surface area contributed by atoms with Crippen LogP contribution in [0.1, 0.15) is 24.8 Å². The molecule has 0 radical (unpaired) electrons. The standard InChI is InChI=1S/C15H22N2O2.ClH/c1-19-14-8-3-2-6-12(14)9-11-17-15(18)13-7-4-5-10-16-13;/h2-3,6,8,13,16H,4-5,7,9-11H2,1H3,(H,17,18);1H. The first-order valence-corrected chi connectivity index (χ1v) is 6.94. The monoisotopic (exact) mass is 298 g/mol. The van der Waals surface area contributed by atoms with Crippen LogP contribution in [0, 0.1) is 0 Å². The Labute approximate surface area is 126 Å². The molecule has 0 aromatic heterocycles. The Morgan fingerprint density at radius 3 is 2.90 bits per heavy atom. The summed E-state index contributed by atoms with van der Waals surface area (Å²) in [7, 11) is 1.67. The maximum absolute atomic E-state index is 11.9. The van der Waals surface area contributed by atoms with Crippen LogP contribution in [0.25, 0.3) is 0 Å². The van der Waals surface area contributed by atoms with E-state index in [9.17, 15) is 4.79 Å². The van der Waals surface area contributed by atoms with Crippen LogP contribution in [0.4, 0.5) is 0 Å². The van der Waals surface area contributed by atoms with Gasteiger partial charge in [0.05, 0.1) is 13.2 Å². The molecule has 1 aromatic carbocycles. The number of nitrogens with one attached hydrogen (secondary N) is 2. The number of benzene rings is 1. The molecular weight excluding hydrogens is 276 g/mol. The van der Waals surface area contributed by atoms with Gasteiger partial charge in [0.25, 0.3) is 0 Å². The molecule has 112 valence electrons. The van der Waals surface area contributed by atoms with Gasteiger partial charge >= 0.3 is 0 Å². The lowest BCUT2D eigenvalue weighted by Crippen LogP contribution is -2.47. The molecule has 5 heteroatoms. The number of ether oxygens (including phenoxy) is 1. The molecular formula is C15H23ClN2O2. The van der Waals surface area contributed by atoms with E-state index in [0.717, 1.165) is 37.1 Å². The van der Waals surface area contributed by atoms with Crippen molar-refractivity contribution in [1.82, 2.24) is 10.6 Å². The molecule has 1 aromatic rings. The van der Waals surface area contributed by atoms with Gasteiger partial charge < -0.3 is 15.4 Å². The summed E-state index contributed by atoms with van der Waals surface area (Å²) in [4.78, 5) is 11.9. The molecule has 2 rings (SSSR count). The third-order valence-electron chi connectivity index (χ3n) is 3.51. The first-order valence-electron chi connectivity index (χ1n) is 6.94. The third kappa shape index (κ3) is 4.69. The summed E-state index contributed by atoms with van der Waals surface area (Å²) in [5.74, 6) is 1.00. The Morgan fingerprint density at radius 1 is 1.40 bits per heavy atom. The lowest BCUT2D eigenvalue weighted by molar-refractivity contribution is -0.123. The SMILES string of the molecule is COc1ccccc1CCNC(=O)C1CCCCN1.Cl. The molecule has 1 amide bonds. The average molecular weight is 299 g/mol. The Bertz CT molecular complexity index is 420. The highest BCUT2D eigenvalue weighted by molar-refractivity contribution is 5.85. The van der Waals surface area contributed by atoms with Crippen LogP contribution in [-0.2, 0) is 11.2 Å². The van der Waals surface area contributed by atoms with Crippen molar-refractivity contribution >= 4 is 18.3 Å². The number of hydrogen-bond donors (Lipinski definition) is 2. The topological polar surface area (TPSA) is 50.4 Å². The molecule has 0 saturated carbocycles. The van der Waals surface area contributed by atoms with E-state index in [0.29, 0.717) is 6.54 Å². The quantitative estimate of drug-likeness (QED) is 0.873. The molecule has 1 unspecified atom stereocenters. The zero-order chi connectivity index (χ0) is 13.5. The highest BCUT2D eigenvalue weighted by Crippen LogP contribution is 2.17. The van der Waals surface area contributed by atoms with Gasteiger partial charge in [-0.25, -0.2) is 0 Å². The number of methoxy groups -OCH3 is 1. The number of halogens is 1. The van der Waals surface area contributed by atoms with Gasteiger partial charge in [-0.2, -0.15) is 0 Å². The summed E-state index contributed by atoms with van der Waals surface area (Å²) in [6.45, 7) is 1.60. The minimum absolute atomic E-state index is 0. The van der Waals surface area contributed by atoms with E-state index in [4.69, 9.17) is 4.74 Å². The van der Waals surface area contributed by atoms with Crippen molar-refractivity contribution in [3.63, 3.8) is 0 Å². The number of hydrogen-bond acceptors (Lipinski definition) is 3.